The molecule has 2 aromatic heterocycles. The highest BCUT2D eigenvalue weighted by Gasteiger charge is 2.60. The first kappa shape index (κ1) is 33.7. The molecule has 5 rings (SSSR count). The number of nitrogens with one attached hydrogen (secondary N) is 2. The lowest BCUT2D eigenvalue weighted by Crippen LogP contribution is -2.55. The second-order valence-electron chi connectivity index (χ2n) is 13.0. The van der Waals surface area contributed by atoms with Crippen molar-refractivity contribution in [2.24, 2.45) is 11.8 Å². The number of hydrogen-bond acceptors (Lipinski definition) is 7. The Morgan fingerprint density at radius 3 is 2.77 bits per heavy atom. The molecule has 2 aliphatic rings. The third-order valence-corrected chi connectivity index (χ3v) is 9.08. The maximum Gasteiger partial charge on any atom is 0.330 e. The van der Waals surface area contributed by atoms with Gasteiger partial charge in [0.1, 0.15) is 23.1 Å². The Hall–Kier alpha value is -4.61. The molecule has 0 bridgehead atoms. The van der Waals surface area contributed by atoms with Crippen molar-refractivity contribution in [3.63, 3.8) is 0 Å². The van der Waals surface area contributed by atoms with E-state index in [1.807, 2.05) is 48.2 Å². The SMILES string of the molecule is COc1ccc2c(OCCC3NC(=O)N(C)CCCC/C=C/C4CC4(C(=O)O)NC3=O)cc(-c3cnn(CCC(C)C)c3)nc2c1C. The second kappa shape index (κ2) is 14.4. The van der Waals surface area contributed by atoms with Gasteiger partial charge in [0.2, 0.25) is 5.91 Å². The monoisotopic (exact) mass is 646 g/mol. The minimum atomic E-state index is -1.38. The summed E-state index contributed by atoms with van der Waals surface area (Å²) in [6.07, 6.45) is 11.5. The number of aromatic nitrogens is 3. The zero-order valence-electron chi connectivity index (χ0n) is 27.9. The number of benzene rings is 1. The number of carbonyl (C=O) groups excluding carboxylic acids is 2. The maximum absolute atomic E-state index is 13.6. The Labute approximate surface area is 275 Å². The van der Waals surface area contributed by atoms with Gasteiger partial charge in [-0.2, -0.15) is 5.10 Å². The van der Waals surface area contributed by atoms with Gasteiger partial charge >= 0.3 is 12.0 Å². The highest BCUT2D eigenvalue weighted by atomic mass is 16.5. The Balaban J connectivity index is 1.40. The van der Waals surface area contributed by atoms with Crippen molar-refractivity contribution in [1.29, 1.82) is 0 Å². The summed E-state index contributed by atoms with van der Waals surface area (Å²) >= 11 is 0. The molecule has 47 heavy (non-hydrogen) atoms. The number of amides is 3. The van der Waals surface area contributed by atoms with Crippen LogP contribution in [0.5, 0.6) is 11.5 Å². The fourth-order valence-electron chi connectivity index (χ4n) is 5.93. The van der Waals surface area contributed by atoms with E-state index in [1.54, 1.807) is 25.3 Å². The lowest BCUT2D eigenvalue weighted by Gasteiger charge is -2.25. The van der Waals surface area contributed by atoms with Gasteiger partial charge in [0.25, 0.3) is 0 Å². The predicted molar refractivity (Wildman–Crippen MR) is 178 cm³/mol. The number of allylic oxidation sites excluding steroid dienone is 1. The molecule has 3 unspecified atom stereocenters. The van der Waals surface area contributed by atoms with Crippen LogP contribution < -0.4 is 20.1 Å². The van der Waals surface area contributed by atoms with Crippen LogP contribution in [0.25, 0.3) is 22.2 Å². The van der Waals surface area contributed by atoms with Gasteiger partial charge in [0.05, 0.1) is 31.1 Å². The largest absolute Gasteiger partial charge is 0.496 e. The average Bonchev–Trinajstić information content (AvgIpc) is 3.53. The molecule has 1 aliphatic heterocycles. The number of hydrogen-bond donors (Lipinski definition) is 3. The highest BCUT2D eigenvalue weighted by Crippen LogP contribution is 2.45. The zero-order chi connectivity index (χ0) is 33.7. The molecule has 0 saturated heterocycles. The van der Waals surface area contributed by atoms with Gasteiger partial charge in [0.15, 0.2) is 0 Å². The van der Waals surface area contributed by atoms with Crippen LogP contribution in [-0.4, -0.2) is 81.6 Å². The maximum atomic E-state index is 13.6. The number of ether oxygens (including phenoxy) is 2. The molecule has 3 atom stereocenters. The summed E-state index contributed by atoms with van der Waals surface area (Å²) in [5, 5.41) is 20.9. The second-order valence-corrected chi connectivity index (χ2v) is 13.0. The van der Waals surface area contributed by atoms with E-state index in [4.69, 9.17) is 14.5 Å². The van der Waals surface area contributed by atoms with Gasteiger partial charge in [-0.3, -0.25) is 9.48 Å². The zero-order valence-corrected chi connectivity index (χ0v) is 27.9. The van der Waals surface area contributed by atoms with E-state index in [1.165, 1.54) is 0 Å². The number of fused-ring (bicyclic) bond motifs is 2. The predicted octanol–water partition coefficient (Wildman–Crippen LogP) is 4.94. The molecule has 1 saturated carbocycles. The Bertz CT molecular complexity index is 1650. The summed E-state index contributed by atoms with van der Waals surface area (Å²) in [5.41, 5.74) is 1.72. The van der Waals surface area contributed by atoms with Crippen molar-refractivity contribution < 1.29 is 29.0 Å². The number of rotatable bonds is 10. The molecule has 3 amide bonds. The summed E-state index contributed by atoms with van der Waals surface area (Å²) in [6.45, 7) is 7.71. The van der Waals surface area contributed by atoms with E-state index in [0.717, 1.165) is 48.7 Å². The van der Waals surface area contributed by atoms with Crippen LogP contribution in [0.3, 0.4) is 0 Å². The average molecular weight is 647 g/mol. The number of carboxylic acids is 1. The molecule has 0 spiro atoms. The van der Waals surface area contributed by atoms with E-state index in [9.17, 15) is 19.5 Å². The normalized spacial score (nSPS) is 22.6. The van der Waals surface area contributed by atoms with Crippen LogP contribution in [0, 0.1) is 18.8 Å². The smallest absolute Gasteiger partial charge is 0.330 e. The van der Waals surface area contributed by atoms with Crippen LogP contribution in [0.15, 0.2) is 42.7 Å². The Morgan fingerprint density at radius 1 is 1.21 bits per heavy atom. The number of aryl methyl sites for hydroxylation is 2. The number of carboxylic acid groups (broad SMARTS) is 1. The Kier molecular flexibility index (Phi) is 10.4. The van der Waals surface area contributed by atoms with Crippen LogP contribution in [0.1, 0.15) is 57.9 Å². The lowest BCUT2D eigenvalue weighted by molar-refractivity contribution is -0.143. The van der Waals surface area contributed by atoms with Crippen molar-refractivity contribution in [2.75, 3.05) is 27.3 Å². The van der Waals surface area contributed by atoms with E-state index >= 15 is 0 Å². The molecule has 0 radical (unpaired) electrons. The van der Waals surface area contributed by atoms with Crippen molar-refractivity contribution in [1.82, 2.24) is 30.3 Å². The number of aliphatic carboxylic acids is 1. The van der Waals surface area contributed by atoms with Gasteiger partial charge in [-0.05, 0) is 57.1 Å². The highest BCUT2D eigenvalue weighted by molar-refractivity contribution is 5.94. The number of methoxy groups -OCH3 is 1. The van der Waals surface area contributed by atoms with E-state index < -0.39 is 29.5 Å². The molecular weight excluding hydrogens is 600 g/mol. The van der Waals surface area contributed by atoms with Gasteiger partial charge < -0.3 is 30.1 Å². The van der Waals surface area contributed by atoms with Crippen LogP contribution in [0.2, 0.25) is 0 Å². The summed E-state index contributed by atoms with van der Waals surface area (Å²) in [7, 11) is 3.30. The van der Waals surface area contributed by atoms with Crippen molar-refractivity contribution in [3.05, 3.63) is 48.3 Å². The number of nitrogens with zero attached hydrogens (tertiary/aromatic N) is 4. The lowest BCUT2D eigenvalue weighted by atomic mass is 10.1. The van der Waals surface area contributed by atoms with Crippen LogP contribution in [-0.2, 0) is 16.1 Å². The van der Waals surface area contributed by atoms with Crippen molar-refractivity contribution in [3.8, 4) is 22.8 Å². The van der Waals surface area contributed by atoms with Crippen molar-refractivity contribution >= 4 is 28.8 Å². The third-order valence-electron chi connectivity index (χ3n) is 9.08. The first-order chi connectivity index (χ1) is 22.5. The van der Waals surface area contributed by atoms with E-state index in [0.29, 0.717) is 41.6 Å². The summed E-state index contributed by atoms with van der Waals surface area (Å²) in [5.74, 6) is -0.121. The number of urea groups is 1. The van der Waals surface area contributed by atoms with Crippen LogP contribution >= 0.6 is 0 Å². The standard InChI is InChI=1S/C35H46N6O6/c1-22(2)13-16-41-21-24(20-36-41)28-18-30(26-11-12-29(46-5)23(3)31(26)37-28)47-17-14-27-32(42)39-35(33(43)44)19-25(35)10-8-6-7-9-15-40(4)34(45)38-27/h8,10-12,18,20-22,25,27H,6-7,9,13-17,19H2,1-5H3,(H,38,45)(H,39,42)(H,43,44)/b10-8+. The molecule has 252 valence electrons. The summed E-state index contributed by atoms with van der Waals surface area (Å²) in [4.78, 5) is 45.4. The molecular formula is C35H46N6O6. The molecule has 3 N–H and O–H groups in total. The minimum absolute atomic E-state index is 0.0722. The minimum Gasteiger partial charge on any atom is -0.496 e. The summed E-state index contributed by atoms with van der Waals surface area (Å²) in [6, 6.07) is 4.20. The van der Waals surface area contributed by atoms with Gasteiger partial charge in [-0.15, -0.1) is 0 Å². The van der Waals surface area contributed by atoms with Crippen LogP contribution in [0.4, 0.5) is 4.79 Å². The quantitative estimate of drug-likeness (QED) is 0.263. The molecule has 3 aromatic rings. The Morgan fingerprint density at radius 2 is 2.02 bits per heavy atom. The molecule has 1 aliphatic carbocycles. The fourth-order valence-corrected chi connectivity index (χ4v) is 5.93. The van der Waals surface area contributed by atoms with E-state index in [-0.39, 0.29) is 18.9 Å². The molecule has 1 fully saturated rings. The van der Waals surface area contributed by atoms with Gasteiger partial charge in [-0.25, -0.2) is 14.6 Å². The fraction of sp³-hybridized carbons (Fsp3) is 0.514. The first-order valence-electron chi connectivity index (χ1n) is 16.4. The topological polar surface area (TPSA) is 148 Å². The van der Waals surface area contributed by atoms with Gasteiger partial charge in [-0.1, -0.05) is 26.0 Å². The first-order valence-corrected chi connectivity index (χ1v) is 16.4. The van der Waals surface area contributed by atoms with Crippen molar-refractivity contribution in [2.45, 2.75) is 77.4 Å². The molecule has 1 aromatic carbocycles. The number of pyridine rings is 1. The molecule has 3 heterocycles. The van der Waals surface area contributed by atoms with Gasteiger partial charge in [0, 0.05) is 61.3 Å². The number of carbonyl (C=O) groups is 3. The van der Waals surface area contributed by atoms with E-state index in [2.05, 4.69) is 29.6 Å². The summed E-state index contributed by atoms with van der Waals surface area (Å²) < 4.78 is 13.8. The molecule has 12 nitrogen and oxygen atoms in total. The third kappa shape index (κ3) is 7.69. The molecule has 12 heteroatoms.